The fourth-order valence-corrected chi connectivity index (χ4v) is 4.63. The number of alkyl halides is 2. The van der Waals surface area contributed by atoms with Gasteiger partial charge in [-0.2, -0.15) is 0 Å². The summed E-state index contributed by atoms with van der Waals surface area (Å²) in [5.41, 5.74) is 4.54. The molecule has 0 N–H and O–H groups in total. The highest BCUT2D eigenvalue weighted by Crippen LogP contribution is 2.40. The number of Topliss-reactive ketones (excluding diaryl/α,β-unsaturated/α-hetero) is 1. The highest BCUT2D eigenvalue weighted by molar-refractivity contribution is 6.35. The average Bonchev–Trinajstić information content (AvgIpc) is 2.96. The zero-order valence-electron chi connectivity index (χ0n) is 16.5. The molecule has 4 rings (SSSR count). The number of halogens is 3. The SMILES string of the molecule is Cc1cccc(-c2cnc3c(Cl)cn(CC(=O)C4CCC(F)(F)CC4C)c3c2)c1. The maximum atomic E-state index is 13.6. The van der Waals surface area contributed by atoms with Gasteiger partial charge in [0.2, 0.25) is 5.92 Å². The molecule has 2 atom stereocenters. The summed E-state index contributed by atoms with van der Waals surface area (Å²) in [7, 11) is 0. The van der Waals surface area contributed by atoms with Crippen molar-refractivity contribution in [1.29, 1.82) is 0 Å². The molecule has 1 aromatic carbocycles. The number of carbonyl (C=O) groups excluding carboxylic acids is 1. The Bertz CT molecular complexity index is 1080. The van der Waals surface area contributed by atoms with Gasteiger partial charge in [-0.1, -0.05) is 48.4 Å². The molecule has 1 saturated carbocycles. The third kappa shape index (κ3) is 4.06. The first-order valence-electron chi connectivity index (χ1n) is 9.85. The number of aromatic nitrogens is 2. The van der Waals surface area contributed by atoms with Gasteiger partial charge in [-0.05, 0) is 30.9 Å². The monoisotopic (exact) mass is 416 g/mol. The summed E-state index contributed by atoms with van der Waals surface area (Å²) >= 11 is 6.34. The highest BCUT2D eigenvalue weighted by atomic mass is 35.5. The molecule has 1 fully saturated rings. The van der Waals surface area contributed by atoms with Gasteiger partial charge < -0.3 is 4.57 Å². The van der Waals surface area contributed by atoms with Gasteiger partial charge in [0, 0.05) is 36.7 Å². The van der Waals surface area contributed by atoms with Crippen molar-refractivity contribution in [3.63, 3.8) is 0 Å². The first-order valence-corrected chi connectivity index (χ1v) is 10.2. The maximum Gasteiger partial charge on any atom is 0.248 e. The average molecular weight is 417 g/mol. The van der Waals surface area contributed by atoms with Crippen molar-refractivity contribution in [2.45, 2.75) is 45.6 Å². The van der Waals surface area contributed by atoms with Crippen molar-refractivity contribution < 1.29 is 13.6 Å². The zero-order chi connectivity index (χ0) is 20.8. The number of nitrogens with zero attached hydrogens (tertiary/aromatic N) is 2. The van der Waals surface area contributed by atoms with E-state index in [1.165, 1.54) is 0 Å². The van der Waals surface area contributed by atoms with Crippen LogP contribution >= 0.6 is 11.6 Å². The first kappa shape index (κ1) is 20.0. The number of carbonyl (C=O) groups is 1. The number of hydrogen-bond acceptors (Lipinski definition) is 2. The van der Waals surface area contributed by atoms with Crippen LogP contribution in [0.1, 0.15) is 31.7 Å². The summed E-state index contributed by atoms with van der Waals surface area (Å²) in [5, 5.41) is 0.479. The molecule has 0 bridgehead atoms. The highest BCUT2D eigenvalue weighted by Gasteiger charge is 2.41. The van der Waals surface area contributed by atoms with Crippen LogP contribution in [-0.2, 0) is 11.3 Å². The molecule has 29 heavy (non-hydrogen) atoms. The minimum atomic E-state index is -2.66. The van der Waals surface area contributed by atoms with Gasteiger partial charge in [-0.3, -0.25) is 9.78 Å². The Labute approximate surface area is 173 Å². The molecule has 3 aromatic rings. The van der Waals surface area contributed by atoms with Crippen LogP contribution in [0.5, 0.6) is 0 Å². The van der Waals surface area contributed by atoms with Gasteiger partial charge in [0.1, 0.15) is 5.52 Å². The predicted octanol–water partition coefficient (Wildman–Crippen LogP) is 6.31. The second-order valence-electron chi connectivity index (χ2n) is 8.21. The van der Waals surface area contributed by atoms with E-state index in [0.717, 1.165) is 22.2 Å². The van der Waals surface area contributed by atoms with Crippen LogP contribution in [0.25, 0.3) is 22.2 Å². The molecule has 0 saturated heterocycles. The number of hydrogen-bond donors (Lipinski definition) is 0. The third-order valence-corrected chi connectivity index (χ3v) is 6.17. The Morgan fingerprint density at radius 1 is 1.31 bits per heavy atom. The number of rotatable bonds is 4. The molecule has 1 aliphatic rings. The van der Waals surface area contributed by atoms with Crippen molar-refractivity contribution in [3.8, 4) is 11.1 Å². The number of pyridine rings is 1. The summed E-state index contributed by atoms with van der Waals surface area (Å²) in [4.78, 5) is 17.4. The molecule has 1 aliphatic carbocycles. The topological polar surface area (TPSA) is 34.9 Å². The van der Waals surface area contributed by atoms with Gasteiger partial charge in [-0.15, -0.1) is 0 Å². The first-order chi connectivity index (χ1) is 13.7. The van der Waals surface area contributed by atoms with E-state index in [2.05, 4.69) is 11.1 Å². The molecule has 0 spiro atoms. The van der Waals surface area contributed by atoms with E-state index < -0.39 is 5.92 Å². The van der Waals surface area contributed by atoms with Crippen LogP contribution in [0.3, 0.4) is 0 Å². The van der Waals surface area contributed by atoms with E-state index in [1.807, 2.05) is 31.2 Å². The maximum absolute atomic E-state index is 13.6. The normalized spacial score (nSPS) is 21.4. The Hall–Kier alpha value is -2.27. The fraction of sp³-hybridized carbons (Fsp3) is 0.391. The summed E-state index contributed by atoms with van der Waals surface area (Å²) in [6.07, 6.45) is 3.27. The lowest BCUT2D eigenvalue weighted by atomic mass is 9.76. The molecule has 0 radical (unpaired) electrons. The molecular formula is C23H23ClF2N2O. The Morgan fingerprint density at radius 3 is 2.83 bits per heavy atom. The van der Waals surface area contributed by atoms with E-state index in [0.29, 0.717) is 10.5 Å². The van der Waals surface area contributed by atoms with E-state index >= 15 is 0 Å². The van der Waals surface area contributed by atoms with Gasteiger partial charge in [0.05, 0.1) is 17.1 Å². The smallest absolute Gasteiger partial charge is 0.248 e. The summed E-state index contributed by atoms with van der Waals surface area (Å²) in [6, 6.07) is 10.1. The van der Waals surface area contributed by atoms with Crippen LogP contribution < -0.4 is 0 Å². The van der Waals surface area contributed by atoms with Gasteiger partial charge >= 0.3 is 0 Å². The van der Waals surface area contributed by atoms with Crippen LogP contribution in [0.15, 0.2) is 42.7 Å². The molecule has 2 heterocycles. The van der Waals surface area contributed by atoms with E-state index in [1.54, 1.807) is 23.9 Å². The lowest BCUT2D eigenvalue weighted by Crippen LogP contribution is -2.36. The molecule has 0 aliphatic heterocycles. The van der Waals surface area contributed by atoms with Gasteiger partial charge in [-0.25, -0.2) is 8.78 Å². The quantitative estimate of drug-likeness (QED) is 0.499. The third-order valence-electron chi connectivity index (χ3n) is 5.89. The standard InChI is InChI=1S/C23H23ClF2N2O/c1-14-4-3-5-16(8-14)17-9-20-22(27-11-17)19(24)12-28(20)13-21(29)18-6-7-23(25,26)10-15(18)2/h3-5,8-9,11-12,15,18H,6-7,10,13H2,1-2H3. The molecule has 2 aromatic heterocycles. The van der Waals surface area contributed by atoms with E-state index in [-0.39, 0.29) is 43.4 Å². The van der Waals surface area contributed by atoms with Crippen molar-refractivity contribution >= 4 is 28.4 Å². The fourth-order valence-electron chi connectivity index (χ4n) is 4.37. The largest absolute Gasteiger partial charge is 0.337 e. The summed E-state index contributed by atoms with van der Waals surface area (Å²) < 4.78 is 29.0. The van der Waals surface area contributed by atoms with Crippen molar-refractivity contribution in [2.75, 3.05) is 0 Å². The molecule has 6 heteroatoms. The lowest BCUT2D eigenvalue weighted by Gasteiger charge is -2.33. The summed E-state index contributed by atoms with van der Waals surface area (Å²) in [6.45, 7) is 3.89. The van der Waals surface area contributed by atoms with Crippen LogP contribution in [-0.4, -0.2) is 21.3 Å². The minimum Gasteiger partial charge on any atom is -0.337 e. The lowest BCUT2D eigenvalue weighted by molar-refractivity contribution is -0.131. The van der Waals surface area contributed by atoms with Crippen molar-refractivity contribution in [3.05, 3.63) is 53.3 Å². The molecule has 0 amide bonds. The number of ketones is 1. The van der Waals surface area contributed by atoms with Gasteiger partial charge in [0.25, 0.3) is 0 Å². The van der Waals surface area contributed by atoms with Crippen molar-refractivity contribution in [2.24, 2.45) is 11.8 Å². The Kier molecular flexibility index (Phi) is 5.19. The van der Waals surface area contributed by atoms with Gasteiger partial charge in [0.15, 0.2) is 5.78 Å². The minimum absolute atomic E-state index is 0.0254. The zero-order valence-corrected chi connectivity index (χ0v) is 17.2. The Balaban J connectivity index is 1.64. The van der Waals surface area contributed by atoms with Crippen LogP contribution in [0, 0.1) is 18.8 Å². The Morgan fingerprint density at radius 2 is 2.10 bits per heavy atom. The molecule has 3 nitrogen and oxygen atoms in total. The summed E-state index contributed by atoms with van der Waals surface area (Å²) in [5.74, 6) is -3.36. The second-order valence-corrected chi connectivity index (χ2v) is 8.62. The second kappa shape index (κ2) is 7.52. The molecule has 152 valence electrons. The number of benzene rings is 1. The number of aryl methyl sites for hydroxylation is 1. The van der Waals surface area contributed by atoms with E-state index in [4.69, 9.17) is 11.6 Å². The van der Waals surface area contributed by atoms with Crippen molar-refractivity contribution in [1.82, 2.24) is 9.55 Å². The number of fused-ring (bicyclic) bond motifs is 1. The molecular weight excluding hydrogens is 394 g/mol. The predicted molar refractivity (Wildman–Crippen MR) is 111 cm³/mol. The van der Waals surface area contributed by atoms with Crippen LogP contribution in [0.2, 0.25) is 5.02 Å². The molecule has 2 unspecified atom stereocenters. The van der Waals surface area contributed by atoms with Crippen LogP contribution in [0.4, 0.5) is 8.78 Å². The van der Waals surface area contributed by atoms with E-state index in [9.17, 15) is 13.6 Å².